The lowest BCUT2D eigenvalue weighted by atomic mass is 10.3. The average Bonchev–Trinajstić information content (AvgIpc) is 2.73. The van der Waals surface area contributed by atoms with Crippen LogP contribution in [0.3, 0.4) is 0 Å². The third kappa shape index (κ3) is 2.50. The molecular formula is C11H9ClFNO. The lowest BCUT2D eigenvalue weighted by molar-refractivity contribution is 0.564. The summed E-state index contributed by atoms with van der Waals surface area (Å²) in [4.78, 5) is 0. The highest BCUT2D eigenvalue weighted by atomic mass is 35.5. The minimum Gasteiger partial charge on any atom is -0.472 e. The van der Waals surface area contributed by atoms with E-state index in [4.69, 9.17) is 16.0 Å². The van der Waals surface area contributed by atoms with Gasteiger partial charge in [0.2, 0.25) is 0 Å². The Hall–Kier alpha value is -1.48. The van der Waals surface area contributed by atoms with E-state index in [0.29, 0.717) is 12.2 Å². The van der Waals surface area contributed by atoms with E-state index in [9.17, 15) is 4.39 Å². The normalized spacial score (nSPS) is 10.3. The number of anilines is 1. The Balaban J connectivity index is 2.02. The number of hydrogen-bond acceptors (Lipinski definition) is 2. The summed E-state index contributed by atoms with van der Waals surface area (Å²) in [5.74, 6) is -0.422. The van der Waals surface area contributed by atoms with Gasteiger partial charge < -0.3 is 9.73 Å². The Morgan fingerprint density at radius 3 is 2.87 bits per heavy atom. The number of furan rings is 1. The first-order valence-corrected chi connectivity index (χ1v) is 4.83. The summed E-state index contributed by atoms with van der Waals surface area (Å²) in [6.07, 6.45) is 3.23. The molecule has 78 valence electrons. The van der Waals surface area contributed by atoms with Gasteiger partial charge in [0, 0.05) is 17.8 Å². The van der Waals surface area contributed by atoms with Crippen LogP contribution in [0.5, 0.6) is 0 Å². The van der Waals surface area contributed by atoms with Gasteiger partial charge in [0.25, 0.3) is 0 Å². The quantitative estimate of drug-likeness (QED) is 0.862. The van der Waals surface area contributed by atoms with E-state index in [1.807, 2.05) is 6.07 Å². The first kappa shape index (κ1) is 10.1. The van der Waals surface area contributed by atoms with Gasteiger partial charge in [0.1, 0.15) is 5.82 Å². The van der Waals surface area contributed by atoms with Crippen LogP contribution in [-0.2, 0) is 6.54 Å². The molecule has 0 amide bonds. The molecule has 2 aromatic rings. The molecule has 1 N–H and O–H groups in total. The molecule has 0 aliphatic rings. The van der Waals surface area contributed by atoms with Crippen LogP contribution in [0.15, 0.2) is 41.2 Å². The van der Waals surface area contributed by atoms with Crippen LogP contribution < -0.4 is 5.32 Å². The van der Waals surface area contributed by atoms with E-state index in [1.54, 1.807) is 18.6 Å². The van der Waals surface area contributed by atoms with Gasteiger partial charge in [-0.3, -0.25) is 0 Å². The molecule has 0 radical (unpaired) electrons. The maximum atomic E-state index is 13.1. The van der Waals surface area contributed by atoms with Crippen molar-refractivity contribution in [3.05, 3.63) is 53.2 Å². The van der Waals surface area contributed by atoms with Crippen molar-refractivity contribution in [3.63, 3.8) is 0 Å². The lowest BCUT2D eigenvalue weighted by Gasteiger charge is -2.04. The maximum Gasteiger partial charge on any atom is 0.143 e. The fourth-order valence-electron chi connectivity index (χ4n) is 1.20. The van der Waals surface area contributed by atoms with Crippen molar-refractivity contribution in [2.24, 2.45) is 0 Å². The number of hydrogen-bond donors (Lipinski definition) is 1. The summed E-state index contributed by atoms with van der Waals surface area (Å²) in [5.41, 5.74) is 1.70. The van der Waals surface area contributed by atoms with Crippen molar-refractivity contribution in [2.45, 2.75) is 6.54 Å². The van der Waals surface area contributed by atoms with Crippen molar-refractivity contribution in [2.75, 3.05) is 5.32 Å². The van der Waals surface area contributed by atoms with Crippen molar-refractivity contribution in [3.8, 4) is 0 Å². The second kappa shape index (κ2) is 4.36. The summed E-state index contributed by atoms with van der Waals surface area (Å²) in [6, 6.07) is 6.46. The number of benzene rings is 1. The summed E-state index contributed by atoms with van der Waals surface area (Å²) < 4.78 is 18.0. The van der Waals surface area contributed by atoms with Gasteiger partial charge in [-0.1, -0.05) is 11.6 Å². The van der Waals surface area contributed by atoms with E-state index in [-0.39, 0.29) is 5.02 Å². The molecule has 1 aromatic carbocycles. The predicted octanol–water partition coefficient (Wildman–Crippen LogP) is 3.68. The van der Waals surface area contributed by atoms with Crippen LogP contribution in [0.1, 0.15) is 5.56 Å². The Morgan fingerprint density at radius 1 is 1.33 bits per heavy atom. The van der Waals surface area contributed by atoms with Crippen molar-refractivity contribution < 1.29 is 8.81 Å². The highest BCUT2D eigenvalue weighted by molar-refractivity contribution is 6.30. The van der Waals surface area contributed by atoms with Gasteiger partial charge in [-0.05, 0) is 24.3 Å². The summed E-state index contributed by atoms with van der Waals surface area (Å²) in [7, 11) is 0. The van der Waals surface area contributed by atoms with Crippen LogP contribution in [0.2, 0.25) is 5.02 Å². The molecule has 0 bridgehead atoms. The molecule has 2 nitrogen and oxygen atoms in total. The molecule has 0 atom stereocenters. The maximum absolute atomic E-state index is 13.1. The number of halogens is 2. The fourth-order valence-corrected chi connectivity index (χ4v) is 1.32. The Labute approximate surface area is 91.7 Å². The van der Waals surface area contributed by atoms with Crippen LogP contribution in [-0.4, -0.2) is 0 Å². The molecule has 4 heteroatoms. The lowest BCUT2D eigenvalue weighted by Crippen LogP contribution is -1.98. The summed E-state index contributed by atoms with van der Waals surface area (Å²) in [6.45, 7) is 0.595. The van der Waals surface area contributed by atoms with Crippen molar-refractivity contribution in [1.82, 2.24) is 0 Å². The Kier molecular flexibility index (Phi) is 2.92. The topological polar surface area (TPSA) is 25.2 Å². The predicted molar refractivity (Wildman–Crippen MR) is 57.4 cm³/mol. The molecule has 0 fully saturated rings. The smallest absolute Gasteiger partial charge is 0.143 e. The summed E-state index contributed by atoms with van der Waals surface area (Å²) >= 11 is 5.56. The zero-order valence-corrected chi connectivity index (χ0v) is 8.59. The van der Waals surface area contributed by atoms with Crippen LogP contribution in [0.4, 0.5) is 10.1 Å². The SMILES string of the molecule is Fc1cc(NCc2ccoc2)ccc1Cl. The molecule has 0 unspecified atom stereocenters. The summed E-state index contributed by atoms with van der Waals surface area (Å²) in [5, 5.41) is 3.19. The molecule has 15 heavy (non-hydrogen) atoms. The molecule has 2 rings (SSSR count). The zero-order valence-electron chi connectivity index (χ0n) is 7.84. The average molecular weight is 226 g/mol. The third-order valence-electron chi connectivity index (χ3n) is 2.00. The molecule has 1 heterocycles. The van der Waals surface area contributed by atoms with E-state index in [0.717, 1.165) is 5.56 Å². The molecule has 0 saturated heterocycles. The third-order valence-corrected chi connectivity index (χ3v) is 2.30. The molecule has 0 spiro atoms. The van der Waals surface area contributed by atoms with Crippen molar-refractivity contribution >= 4 is 17.3 Å². The second-order valence-electron chi connectivity index (χ2n) is 3.11. The Bertz CT molecular complexity index is 442. The minimum absolute atomic E-state index is 0.129. The molecular weight excluding hydrogens is 217 g/mol. The van der Waals surface area contributed by atoms with Gasteiger partial charge in [0.15, 0.2) is 0 Å². The second-order valence-corrected chi connectivity index (χ2v) is 3.52. The highest BCUT2D eigenvalue weighted by Gasteiger charge is 2.00. The van der Waals surface area contributed by atoms with Gasteiger partial charge in [0.05, 0.1) is 17.5 Å². The standard InChI is InChI=1S/C11H9ClFNO/c12-10-2-1-9(5-11(10)13)14-6-8-3-4-15-7-8/h1-5,7,14H,6H2. The monoisotopic (exact) mass is 225 g/mol. The number of rotatable bonds is 3. The van der Waals surface area contributed by atoms with Gasteiger partial charge in [-0.15, -0.1) is 0 Å². The molecule has 0 aliphatic carbocycles. The minimum atomic E-state index is -0.422. The molecule has 0 aliphatic heterocycles. The first-order chi connectivity index (χ1) is 7.25. The Morgan fingerprint density at radius 2 is 2.20 bits per heavy atom. The molecule has 0 saturated carbocycles. The number of nitrogens with one attached hydrogen (secondary N) is 1. The largest absolute Gasteiger partial charge is 0.472 e. The zero-order chi connectivity index (χ0) is 10.7. The highest BCUT2D eigenvalue weighted by Crippen LogP contribution is 2.19. The van der Waals surface area contributed by atoms with E-state index < -0.39 is 5.82 Å². The van der Waals surface area contributed by atoms with Gasteiger partial charge in [-0.2, -0.15) is 0 Å². The first-order valence-electron chi connectivity index (χ1n) is 4.46. The van der Waals surface area contributed by atoms with Gasteiger partial charge >= 0.3 is 0 Å². The van der Waals surface area contributed by atoms with E-state index in [2.05, 4.69) is 5.32 Å². The van der Waals surface area contributed by atoms with Crippen LogP contribution in [0, 0.1) is 5.82 Å². The van der Waals surface area contributed by atoms with Crippen molar-refractivity contribution in [1.29, 1.82) is 0 Å². The van der Waals surface area contributed by atoms with E-state index >= 15 is 0 Å². The van der Waals surface area contributed by atoms with E-state index in [1.165, 1.54) is 12.1 Å². The van der Waals surface area contributed by atoms with Crippen LogP contribution in [0.25, 0.3) is 0 Å². The fraction of sp³-hybridized carbons (Fsp3) is 0.0909. The van der Waals surface area contributed by atoms with Crippen LogP contribution >= 0.6 is 11.6 Å². The molecule has 1 aromatic heterocycles. The van der Waals surface area contributed by atoms with Gasteiger partial charge in [-0.25, -0.2) is 4.39 Å².